The summed E-state index contributed by atoms with van der Waals surface area (Å²) in [6, 6.07) is 9.62. The Morgan fingerprint density at radius 2 is 1.45 bits per heavy atom. The van der Waals surface area contributed by atoms with Crippen LogP contribution in [0, 0.1) is 0 Å². The lowest BCUT2D eigenvalue weighted by Gasteiger charge is -2.38. The van der Waals surface area contributed by atoms with E-state index >= 15 is 0 Å². The molecule has 9 N–H and O–H groups in total. The number of phenols is 6. The summed E-state index contributed by atoms with van der Waals surface area (Å²) in [6.45, 7) is 1.88. The third kappa shape index (κ3) is 5.93. The number of rotatable bonds is 10. The highest BCUT2D eigenvalue weighted by atomic mass is 16.3. The maximum absolute atomic E-state index is 14.1. The molecule has 3 aromatic rings. The summed E-state index contributed by atoms with van der Waals surface area (Å²) in [5.74, 6) is -5.92. The molecule has 1 atom stereocenters. The van der Waals surface area contributed by atoms with Gasteiger partial charge in [-0.05, 0) is 66.4 Å². The van der Waals surface area contributed by atoms with Crippen LogP contribution in [0.25, 0.3) is 0 Å². The second-order valence-electron chi connectivity index (χ2n) is 10.2. The average molecular weight is 606 g/mol. The van der Waals surface area contributed by atoms with Gasteiger partial charge in [0, 0.05) is 48.8 Å². The van der Waals surface area contributed by atoms with Crippen LogP contribution in [0.5, 0.6) is 34.5 Å². The Morgan fingerprint density at radius 1 is 0.795 bits per heavy atom. The predicted octanol–water partition coefficient (Wildman–Crippen LogP) is 1.93. The van der Waals surface area contributed by atoms with Crippen LogP contribution < -0.4 is 16.0 Å². The molecule has 1 aliphatic carbocycles. The van der Waals surface area contributed by atoms with E-state index in [-0.39, 0.29) is 58.9 Å². The van der Waals surface area contributed by atoms with Crippen LogP contribution in [-0.2, 0) is 31.0 Å². The Balaban J connectivity index is 1.92. The summed E-state index contributed by atoms with van der Waals surface area (Å²) in [5, 5.41) is 69.8. The molecule has 0 fully saturated rings. The molecule has 3 aromatic carbocycles. The fraction of sp³-hybridized carbons (Fsp3) is 0.226. The lowest BCUT2D eigenvalue weighted by atomic mass is 9.62. The van der Waals surface area contributed by atoms with Gasteiger partial charge >= 0.3 is 0 Å². The van der Waals surface area contributed by atoms with Crippen molar-refractivity contribution in [3.8, 4) is 34.5 Å². The van der Waals surface area contributed by atoms with E-state index in [0.29, 0.717) is 19.4 Å². The lowest BCUT2D eigenvalue weighted by Crippen LogP contribution is -2.44. The minimum Gasteiger partial charge on any atom is -0.508 e. The standard InChI is InChI=1S/C31H31N3O10/c1-16(36)32-10-2-3-11-33-29(43)21-12-17-13-24(40)27(41)28(42)25(17)31(15-35,18-4-9-22(38)23(39)14-18)26(21)30(44)34-19-5-7-20(37)8-6-19/h4-9,13-15,37-42H,2-3,10-12H2,1H3,(H,32,36)(H,33,43)(H,34,44)/t31-/m1/s1. The number of aldehydes is 1. The van der Waals surface area contributed by atoms with Gasteiger partial charge in [0.2, 0.25) is 17.6 Å². The van der Waals surface area contributed by atoms with Crippen LogP contribution in [0.4, 0.5) is 5.69 Å². The van der Waals surface area contributed by atoms with Gasteiger partial charge in [0.25, 0.3) is 5.91 Å². The summed E-state index contributed by atoms with van der Waals surface area (Å²) >= 11 is 0. The molecule has 13 heteroatoms. The number of fused-ring (bicyclic) bond motifs is 1. The monoisotopic (exact) mass is 605 g/mol. The quantitative estimate of drug-likeness (QED) is 0.0706. The Bertz CT molecular complexity index is 1670. The number of nitrogens with one attached hydrogen (secondary N) is 3. The van der Waals surface area contributed by atoms with Crippen molar-refractivity contribution >= 4 is 29.7 Å². The second-order valence-corrected chi connectivity index (χ2v) is 10.2. The van der Waals surface area contributed by atoms with Gasteiger partial charge in [-0.1, -0.05) is 6.07 Å². The third-order valence-corrected chi connectivity index (χ3v) is 7.29. The fourth-order valence-electron chi connectivity index (χ4n) is 5.23. The highest BCUT2D eigenvalue weighted by Crippen LogP contribution is 2.54. The topological polar surface area (TPSA) is 226 Å². The van der Waals surface area contributed by atoms with Gasteiger partial charge in [0.1, 0.15) is 17.5 Å². The molecule has 0 unspecified atom stereocenters. The third-order valence-electron chi connectivity index (χ3n) is 7.29. The molecule has 44 heavy (non-hydrogen) atoms. The number of hydrogen-bond donors (Lipinski definition) is 9. The van der Waals surface area contributed by atoms with Crippen molar-refractivity contribution in [2.45, 2.75) is 31.6 Å². The summed E-state index contributed by atoms with van der Waals surface area (Å²) in [5.41, 5.74) is -3.32. The first-order valence-electron chi connectivity index (χ1n) is 13.5. The molecule has 0 radical (unpaired) electrons. The van der Waals surface area contributed by atoms with E-state index in [4.69, 9.17) is 0 Å². The van der Waals surface area contributed by atoms with Crippen LogP contribution >= 0.6 is 0 Å². The minimum absolute atomic E-state index is 0.0226. The Hall–Kier alpha value is -5.72. The molecule has 0 aliphatic heterocycles. The van der Waals surface area contributed by atoms with E-state index in [1.807, 2.05) is 0 Å². The molecule has 0 heterocycles. The van der Waals surface area contributed by atoms with Crippen molar-refractivity contribution in [3.05, 3.63) is 76.4 Å². The van der Waals surface area contributed by atoms with E-state index in [0.717, 1.165) is 18.2 Å². The maximum atomic E-state index is 14.1. The van der Waals surface area contributed by atoms with Crippen molar-refractivity contribution in [2.24, 2.45) is 0 Å². The van der Waals surface area contributed by atoms with Crippen LogP contribution in [0.15, 0.2) is 59.7 Å². The molecule has 1 aliphatic rings. The van der Waals surface area contributed by atoms with Crippen LogP contribution in [0.2, 0.25) is 0 Å². The SMILES string of the molecule is CC(=O)NCCCCNC(=O)C1=C(C(=O)Nc2ccc(O)cc2)[C@](C=O)(c2ccc(O)c(O)c2)c2c(cc(O)c(O)c2O)C1. The first-order chi connectivity index (χ1) is 20.9. The normalized spacial score (nSPS) is 15.7. The number of unbranched alkanes of at least 4 members (excludes halogenated alkanes) is 1. The Labute approximate surface area is 251 Å². The highest BCUT2D eigenvalue weighted by Gasteiger charge is 2.51. The van der Waals surface area contributed by atoms with Crippen molar-refractivity contribution in [1.82, 2.24) is 10.6 Å². The molecular formula is C31H31N3O10. The predicted molar refractivity (Wildman–Crippen MR) is 156 cm³/mol. The molecule has 0 saturated carbocycles. The van der Waals surface area contributed by atoms with Gasteiger partial charge in [0.15, 0.2) is 23.0 Å². The Kier molecular flexibility index (Phi) is 8.98. The summed E-state index contributed by atoms with van der Waals surface area (Å²) in [4.78, 5) is 52.3. The molecule has 0 aromatic heterocycles. The number of hydrogen-bond acceptors (Lipinski definition) is 10. The summed E-state index contributed by atoms with van der Waals surface area (Å²) in [6.07, 6.45) is 0.874. The Morgan fingerprint density at radius 3 is 2.07 bits per heavy atom. The number of phenolic OH excluding ortho intramolecular Hbond substituents is 6. The molecular weight excluding hydrogens is 574 g/mol. The number of anilines is 1. The van der Waals surface area contributed by atoms with Crippen LogP contribution in [0.1, 0.15) is 36.5 Å². The molecule has 3 amide bonds. The first-order valence-corrected chi connectivity index (χ1v) is 13.5. The second kappa shape index (κ2) is 12.7. The zero-order valence-corrected chi connectivity index (χ0v) is 23.5. The van der Waals surface area contributed by atoms with Gasteiger partial charge in [0.05, 0.1) is 0 Å². The maximum Gasteiger partial charge on any atom is 0.253 e. The number of carbonyl (C=O) groups excluding carboxylic acids is 4. The highest BCUT2D eigenvalue weighted by molar-refractivity contribution is 6.16. The van der Waals surface area contributed by atoms with Gasteiger partial charge in [-0.15, -0.1) is 0 Å². The van der Waals surface area contributed by atoms with Crippen molar-refractivity contribution in [1.29, 1.82) is 0 Å². The fourth-order valence-corrected chi connectivity index (χ4v) is 5.23. The van der Waals surface area contributed by atoms with Gasteiger partial charge in [-0.25, -0.2) is 0 Å². The van der Waals surface area contributed by atoms with E-state index in [1.165, 1.54) is 37.3 Å². The van der Waals surface area contributed by atoms with Gasteiger partial charge in [-0.3, -0.25) is 14.4 Å². The van der Waals surface area contributed by atoms with Gasteiger partial charge < -0.3 is 51.4 Å². The zero-order valence-electron chi connectivity index (χ0n) is 23.5. The number of carbonyl (C=O) groups is 4. The van der Waals surface area contributed by atoms with Gasteiger partial charge in [-0.2, -0.15) is 0 Å². The minimum atomic E-state index is -2.35. The lowest BCUT2D eigenvalue weighted by molar-refractivity contribution is -0.120. The van der Waals surface area contributed by atoms with E-state index in [9.17, 15) is 49.8 Å². The van der Waals surface area contributed by atoms with Crippen LogP contribution in [-0.4, -0.2) is 67.7 Å². The molecule has 0 saturated heterocycles. The molecule has 0 spiro atoms. The number of aromatic hydroxyl groups is 6. The van der Waals surface area contributed by atoms with Crippen LogP contribution in [0.3, 0.4) is 0 Å². The number of amides is 3. The molecule has 13 nitrogen and oxygen atoms in total. The van der Waals surface area contributed by atoms with Crippen molar-refractivity contribution < 1.29 is 49.8 Å². The summed E-state index contributed by atoms with van der Waals surface area (Å²) in [7, 11) is 0. The van der Waals surface area contributed by atoms with Crippen molar-refractivity contribution in [2.75, 3.05) is 18.4 Å². The largest absolute Gasteiger partial charge is 0.508 e. The molecule has 0 bridgehead atoms. The first kappa shape index (κ1) is 31.2. The molecule has 4 rings (SSSR count). The zero-order chi connectivity index (χ0) is 32.2. The molecule has 230 valence electrons. The van der Waals surface area contributed by atoms with Crippen molar-refractivity contribution in [3.63, 3.8) is 0 Å². The smallest absolute Gasteiger partial charge is 0.253 e. The number of benzene rings is 3. The summed E-state index contributed by atoms with van der Waals surface area (Å²) < 4.78 is 0. The van der Waals surface area contributed by atoms with E-state index < -0.39 is 51.6 Å². The van der Waals surface area contributed by atoms with E-state index in [1.54, 1.807) is 0 Å². The van der Waals surface area contributed by atoms with E-state index in [2.05, 4.69) is 16.0 Å². The average Bonchev–Trinajstić information content (AvgIpc) is 2.98.